The molecule has 0 rings (SSSR count). The lowest BCUT2D eigenvalue weighted by atomic mass is 10.0. The number of unbranched alkanes of at least 4 members (excludes halogenated alkanes) is 65. The molecule has 89 heavy (non-hydrogen) atoms. The van der Waals surface area contributed by atoms with Crippen LogP contribution in [-0.2, 0) is 14.3 Å². The van der Waals surface area contributed by atoms with E-state index in [4.69, 9.17) is 4.74 Å². The average molecular weight is 1250 g/mol. The molecule has 0 aromatic rings. The lowest BCUT2D eigenvalue weighted by Crippen LogP contribution is -2.45. The molecule has 0 aliphatic carbocycles. The van der Waals surface area contributed by atoms with Crippen molar-refractivity contribution < 1.29 is 24.5 Å². The summed E-state index contributed by atoms with van der Waals surface area (Å²) >= 11 is 0. The third-order valence-electron chi connectivity index (χ3n) is 19.5. The van der Waals surface area contributed by atoms with Gasteiger partial charge in [-0.05, 0) is 57.8 Å². The van der Waals surface area contributed by atoms with Gasteiger partial charge in [0, 0.05) is 12.8 Å². The fourth-order valence-corrected chi connectivity index (χ4v) is 13.2. The number of ether oxygens (including phenoxy) is 1. The largest absolute Gasteiger partial charge is 0.466 e. The van der Waals surface area contributed by atoms with Crippen molar-refractivity contribution >= 4 is 11.9 Å². The van der Waals surface area contributed by atoms with Gasteiger partial charge in [0.15, 0.2) is 0 Å². The molecule has 0 saturated heterocycles. The lowest BCUT2D eigenvalue weighted by Gasteiger charge is -2.20. The number of aliphatic hydroxyl groups is 2. The number of rotatable bonds is 78. The van der Waals surface area contributed by atoms with Crippen LogP contribution in [0.5, 0.6) is 0 Å². The standard InChI is InChI=1S/C83H161NO5/c1-3-5-7-9-11-13-15-17-18-19-20-40-43-46-49-52-55-59-63-67-71-75-81(86)80(79-85)84-82(87)76-72-68-64-60-56-53-50-47-44-41-38-36-34-32-30-28-26-24-22-21-23-25-27-29-31-33-35-37-39-42-45-48-51-54-58-62-66-70-74-78-89-83(88)77-73-69-65-61-57-16-14-12-10-8-6-4-2/h12,14,71,75,80-81,85-86H,3-11,13,15-70,72-74,76-79H2,1-2H3,(H,84,87)/b14-12-,75-71+. The van der Waals surface area contributed by atoms with Crippen LogP contribution in [-0.4, -0.2) is 47.4 Å². The molecule has 528 valence electrons. The molecule has 0 bridgehead atoms. The highest BCUT2D eigenvalue weighted by molar-refractivity contribution is 5.76. The van der Waals surface area contributed by atoms with Gasteiger partial charge in [0.25, 0.3) is 0 Å². The van der Waals surface area contributed by atoms with Gasteiger partial charge in [0.2, 0.25) is 5.91 Å². The predicted octanol–water partition coefficient (Wildman–Crippen LogP) is 27.2. The van der Waals surface area contributed by atoms with E-state index >= 15 is 0 Å². The summed E-state index contributed by atoms with van der Waals surface area (Å²) in [7, 11) is 0. The van der Waals surface area contributed by atoms with Gasteiger partial charge in [-0.25, -0.2) is 0 Å². The van der Waals surface area contributed by atoms with Crippen LogP contribution in [0.1, 0.15) is 470 Å². The summed E-state index contributed by atoms with van der Waals surface area (Å²) in [5, 5.41) is 23.3. The van der Waals surface area contributed by atoms with Crippen molar-refractivity contribution in [2.75, 3.05) is 13.2 Å². The van der Waals surface area contributed by atoms with Crippen molar-refractivity contribution in [2.45, 2.75) is 482 Å². The van der Waals surface area contributed by atoms with Crippen LogP contribution in [0.4, 0.5) is 0 Å². The van der Waals surface area contributed by atoms with Crippen molar-refractivity contribution in [3.8, 4) is 0 Å². The highest BCUT2D eigenvalue weighted by Gasteiger charge is 2.18. The summed E-state index contributed by atoms with van der Waals surface area (Å²) in [6, 6.07) is -0.624. The van der Waals surface area contributed by atoms with E-state index in [1.807, 2.05) is 6.08 Å². The first-order valence-electron chi connectivity index (χ1n) is 41.1. The number of nitrogens with one attached hydrogen (secondary N) is 1. The summed E-state index contributed by atoms with van der Waals surface area (Å²) in [4.78, 5) is 24.6. The molecule has 3 N–H and O–H groups in total. The van der Waals surface area contributed by atoms with Gasteiger partial charge in [0.05, 0.1) is 25.4 Å². The van der Waals surface area contributed by atoms with Crippen LogP contribution in [0.2, 0.25) is 0 Å². The van der Waals surface area contributed by atoms with E-state index in [0.717, 1.165) is 44.9 Å². The first kappa shape index (κ1) is 87.3. The van der Waals surface area contributed by atoms with Crippen LogP contribution >= 0.6 is 0 Å². The second-order valence-electron chi connectivity index (χ2n) is 28.5. The smallest absolute Gasteiger partial charge is 0.305 e. The van der Waals surface area contributed by atoms with Crippen LogP contribution in [0.3, 0.4) is 0 Å². The normalized spacial score (nSPS) is 12.5. The minimum absolute atomic E-state index is 0.0145. The second kappa shape index (κ2) is 78.8. The molecule has 0 saturated carbocycles. The topological polar surface area (TPSA) is 95.9 Å². The van der Waals surface area contributed by atoms with E-state index in [1.165, 1.54) is 398 Å². The predicted molar refractivity (Wildman–Crippen MR) is 393 cm³/mol. The number of aliphatic hydroxyl groups excluding tert-OH is 2. The van der Waals surface area contributed by atoms with E-state index < -0.39 is 12.1 Å². The molecule has 6 heteroatoms. The third kappa shape index (κ3) is 75.3. The van der Waals surface area contributed by atoms with Crippen LogP contribution in [0.25, 0.3) is 0 Å². The van der Waals surface area contributed by atoms with E-state index in [1.54, 1.807) is 6.08 Å². The monoisotopic (exact) mass is 1250 g/mol. The molecular formula is C83H161NO5. The minimum Gasteiger partial charge on any atom is -0.466 e. The quantitative estimate of drug-likeness (QED) is 0.0320. The number of esters is 1. The molecule has 0 aliphatic rings. The summed E-state index contributed by atoms with van der Waals surface area (Å²) in [6.45, 7) is 4.93. The zero-order valence-electron chi connectivity index (χ0n) is 60.7. The Morgan fingerprint density at radius 2 is 0.528 bits per heavy atom. The summed E-state index contributed by atoms with van der Waals surface area (Å²) in [6.07, 6.45) is 102. The summed E-state index contributed by atoms with van der Waals surface area (Å²) in [5.74, 6) is -0.0423. The SMILES string of the molecule is CCCCC/C=C\CCCCCCCC(=O)OCCCCCCCCCCCCCCCCCCCCCCCCCCCCCCCCCCCCCCCCCC(=O)NC(CO)C(O)/C=C/CCCCCCCCCCCCCCCCCCCCC. The van der Waals surface area contributed by atoms with Crippen LogP contribution in [0, 0.1) is 0 Å². The summed E-state index contributed by atoms with van der Waals surface area (Å²) < 4.78 is 5.48. The van der Waals surface area contributed by atoms with Crippen molar-refractivity contribution in [2.24, 2.45) is 0 Å². The fourth-order valence-electron chi connectivity index (χ4n) is 13.2. The van der Waals surface area contributed by atoms with Gasteiger partial charge in [-0.3, -0.25) is 9.59 Å². The third-order valence-corrected chi connectivity index (χ3v) is 19.5. The molecule has 0 aromatic heterocycles. The van der Waals surface area contributed by atoms with E-state index in [9.17, 15) is 19.8 Å². The number of carbonyl (C=O) groups is 2. The van der Waals surface area contributed by atoms with Gasteiger partial charge in [-0.2, -0.15) is 0 Å². The number of amides is 1. The zero-order valence-corrected chi connectivity index (χ0v) is 60.7. The van der Waals surface area contributed by atoms with Gasteiger partial charge in [-0.15, -0.1) is 0 Å². The minimum atomic E-state index is -0.841. The highest BCUT2D eigenvalue weighted by Crippen LogP contribution is 2.20. The fraction of sp³-hybridized carbons (Fsp3) is 0.928. The van der Waals surface area contributed by atoms with Crippen LogP contribution in [0.15, 0.2) is 24.3 Å². The van der Waals surface area contributed by atoms with E-state index in [2.05, 4.69) is 31.3 Å². The lowest BCUT2D eigenvalue weighted by molar-refractivity contribution is -0.143. The van der Waals surface area contributed by atoms with Crippen molar-refractivity contribution in [1.82, 2.24) is 5.32 Å². The average Bonchev–Trinajstić information content (AvgIpc) is 3.65. The molecule has 1 amide bonds. The number of hydrogen-bond donors (Lipinski definition) is 3. The van der Waals surface area contributed by atoms with Crippen molar-refractivity contribution in [3.05, 3.63) is 24.3 Å². The molecule has 0 radical (unpaired) electrons. The summed E-state index contributed by atoms with van der Waals surface area (Å²) in [5.41, 5.74) is 0. The molecule has 0 aliphatic heterocycles. The molecule has 6 nitrogen and oxygen atoms in total. The highest BCUT2D eigenvalue weighted by atomic mass is 16.5. The van der Waals surface area contributed by atoms with Crippen molar-refractivity contribution in [3.63, 3.8) is 0 Å². The number of carbonyl (C=O) groups excluding carboxylic acids is 2. The Labute approximate surface area is 558 Å². The van der Waals surface area contributed by atoms with E-state index in [-0.39, 0.29) is 18.5 Å². The maximum absolute atomic E-state index is 12.5. The first-order valence-corrected chi connectivity index (χ1v) is 41.1. The zero-order chi connectivity index (χ0) is 64.2. The molecule has 0 fully saturated rings. The molecule has 0 spiro atoms. The molecule has 0 aromatic carbocycles. The van der Waals surface area contributed by atoms with Gasteiger partial charge >= 0.3 is 5.97 Å². The van der Waals surface area contributed by atoms with Crippen LogP contribution < -0.4 is 5.32 Å². The van der Waals surface area contributed by atoms with Gasteiger partial charge < -0.3 is 20.3 Å². The Bertz CT molecular complexity index is 1400. The van der Waals surface area contributed by atoms with E-state index in [0.29, 0.717) is 19.4 Å². The Morgan fingerprint density at radius 3 is 0.820 bits per heavy atom. The molecule has 0 heterocycles. The Morgan fingerprint density at radius 1 is 0.303 bits per heavy atom. The maximum Gasteiger partial charge on any atom is 0.305 e. The Kier molecular flexibility index (Phi) is 77.3. The second-order valence-corrected chi connectivity index (χ2v) is 28.5. The van der Waals surface area contributed by atoms with Gasteiger partial charge in [0.1, 0.15) is 0 Å². The Hall–Kier alpha value is -1.66. The van der Waals surface area contributed by atoms with Gasteiger partial charge in [-0.1, -0.05) is 423 Å². The molecular weight excluding hydrogens is 1090 g/mol. The first-order chi connectivity index (χ1) is 44.0. The number of hydrogen-bond acceptors (Lipinski definition) is 5. The van der Waals surface area contributed by atoms with Crippen molar-refractivity contribution in [1.29, 1.82) is 0 Å². The number of allylic oxidation sites excluding steroid dienone is 3. The molecule has 2 unspecified atom stereocenters. The Balaban J connectivity index is 3.32. The maximum atomic E-state index is 12.5. The molecule has 2 atom stereocenters.